The van der Waals surface area contributed by atoms with Crippen molar-refractivity contribution in [1.29, 1.82) is 0 Å². The topological polar surface area (TPSA) is 55.6 Å². The number of ether oxygens (including phenoxy) is 1. The fourth-order valence-corrected chi connectivity index (χ4v) is 3.23. The summed E-state index contributed by atoms with van der Waals surface area (Å²) in [5.41, 5.74) is 7.80. The first-order valence-electron chi connectivity index (χ1n) is 8.95. The van der Waals surface area contributed by atoms with Gasteiger partial charge < -0.3 is 15.4 Å². The molecule has 2 atom stereocenters. The second-order valence-electron chi connectivity index (χ2n) is 6.81. The van der Waals surface area contributed by atoms with Gasteiger partial charge in [-0.05, 0) is 55.5 Å². The molecule has 132 valence electrons. The lowest BCUT2D eigenvalue weighted by molar-refractivity contribution is 0.0661. The van der Waals surface area contributed by atoms with Gasteiger partial charge in [0, 0.05) is 24.7 Å². The lowest BCUT2D eigenvalue weighted by Gasteiger charge is -2.34. The molecule has 2 aromatic rings. The highest BCUT2D eigenvalue weighted by Gasteiger charge is 2.26. The summed E-state index contributed by atoms with van der Waals surface area (Å²) in [7, 11) is 0. The second kappa shape index (κ2) is 8.17. The van der Waals surface area contributed by atoms with Gasteiger partial charge in [0.2, 0.25) is 0 Å². The second-order valence-corrected chi connectivity index (χ2v) is 6.81. The van der Waals surface area contributed by atoms with Gasteiger partial charge in [0.05, 0.1) is 0 Å². The number of carbonyl (C=O) groups is 1. The molecule has 1 amide bonds. The van der Waals surface area contributed by atoms with Gasteiger partial charge in [-0.15, -0.1) is 0 Å². The van der Waals surface area contributed by atoms with E-state index in [1.165, 1.54) is 0 Å². The summed E-state index contributed by atoms with van der Waals surface area (Å²) < 4.78 is 5.74. The van der Waals surface area contributed by atoms with Gasteiger partial charge in [-0.25, -0.2) is 0 Å². The fraction of sp³-hybridized carbons (Fsp3) is 0.381. The predicted octanol–water partition coefficient (Wildman–Crippen LogP) is 3.47. The summed E-state index contributed by atoms with van der Waals surface area (Å²) in [4.78, 5) is 14.6. The Hall–Kier alpha value is -2.33. The number of likely N-dealkylation sites (tertiary alicyclic amines) is 1. The first-order valence-corrected chi connectivity index (χ1v) is 8.95. The molecular formula is C21H26N2O2. The van der Waals surface area contributed by atoms with Crippen molar-refractivity contribution in [3.63, 3.8) is 0 Å². The van der Waals surface area contributed by atoms with Crippen LogP contribution in [0.25, 0.3) is 0 Å². The Morgan fingerprint density at radius 2 is 1.92 bits per heavy atom. The molecule has 1 saturated heterocycles. The maximum atomic E-state index is 12.7. The van der Waals surface area contributed by atoms with Crippen molar-refractivity contribution in [2.24, 2.45) is 11.7 Å². The summed E-state index contributed by atoms with van der Waals surface area (Å²) in [6, 6.07) is 17.6. The molecule has 0 radical (unpaired) electrons. The quantitative estimate of drug-likeness (QED) is 0.908. The molecule has 4 heteroatoms. The average Bonchev–Trinajstić information content (AvgIpc) is 2.67. The number of hydrogen-bond donors (Lipinski definition) is 1. The van der Waals surface area contributed by atoms with Crippen LogP contribution >= 0.6 is 0 Å². The zero-order valence-electron chi connectivity index (χ0n) is 14.7. The SMILES string of the molecule is CC(N)C1CCCN(C(=O)c2ccc(COc3ccccc3)cc2)C1. The Kier molecular flexibility index (Phi) is 5.71. The molecule has 0 saturated carbocycles. The van der Waals surface area contributed by atoms with Gasteiger partial charge in [0.1, 0.15) is 12.4 Å². The van der Waals surface area contributed by atoms with E-state index in [2.05, 4.69) is 0 Å². The highest BCUT2D eigenvalue weighted by Crippen LogP contribution is 2.21. The average molecular weight is 338 g/mol. The number of para-hydroxylation sites is 1. The van der Waals surface area contributed by atoms with Crippen LogP contribution in [-0.2, 0) is 6.61 Å². The molecule has 0 aromatic heterocycles. The number of rotatable bonds is 5. The number of hydrogen-bond acceptors (Lipinski definition) is 3. The third-order valence-corrected chi connectivity index (χ3v) is 4.84. The largest absolute Gasteiger partial charge is 0.489 e. The molecule has 4 nitrogen and oxygen atoms in total. The third-order valence-electron chi connectivity index (χ3n) is 4.84. The van der Waals surface area contributed by atoms with Crippen LogP contribution in [-0.4, -0.2) is 29.9 Å². The van der Waals surface area contributed by atoms with Gasteiger partial charge in [0.25, 0.3) is 5.91 Å². The van der Waals surface area contributed by atoms with E-state index < -0.39 is 0 Å². The van der Waals surface area contributed by atoms with Crippen molar-refractivity contribution in [2.75, 3.05) is 13.1 Å². The molecule has 1 aliphatic rings. The number of carbonyl (C=O) groups excluding carboxylic acids is 1. The van der Waals surface area contributed by atoms with E-state index in [0.717, 1.165) is 42.8 Å². The van der Waals surface area contributed by atoms with Crippen molar-refractivity contribution in [2.45, 2.75) is 32.4 Å². The molecule has 1 fully saturated rings. The minimum absolute atomic E-state index is 0.0980. The summed E-state index contributed by atoms with van der Waals surface area (Å²) in [6.45, 7) is 4.10. The molecule has 25 heavy (non-hydrogen) atoms. The molecule has 3 rings (SSSR count). The maximum Gasteiger partial charge on any atom is 0.253 e. The molecule has 0 spiro atoms. The number of amides is 1. The molecule has 2 unspecified atom stereocenters. The molecule has 2 aromatic carbocycles. The zero-order chi connectivity index (χ0) is 17.6. The van der Waals surface area contributed by atoms with Crippen molar-refractivity contribution in [1.82, 2.24) is 4.90 Å². The van der Waals surface area contributed by atoms with Crippen molar-refractivity contribution < 1.29 is 9.53 Å². The summed E-state index contributed by atoms with van der Waals surface area (Å²) in [5, 5.41) is 0. The van der Waals surface area contributed by atoms with Crippen molar-refractivity contribution in [3.05, 3.63) is 65.7 Å². The van der Waals surface area contributed by atoms with Crippen molar-refractivity contribution in [3.8, 4) is 5.75 Å². The Morgan fingerprint density at radius 3 is 2.60 bits per heavy atom. The molecular weight excluding hydrogens is 312 g/mol. The van der Waals surface area contributed by atoms with E-state index in [-0.39, 0.29) is 11.9 Å². The van der Waals surface area contributed by atoms with Crippen LogP contribution in [0.15, 0.2) is 54.6 Å². The highest BCUT2D eigenvalue weighted by atomic mass is 16.5. The molecule has 1 heterocycles. The lowest BCUT2D eigenvalue weighted by atomic mass is 9.92. The van der Waals surface area contributed by atoms with Crippen LogP contribution < -0.4 is 10.5 Å². The first kappa shape index (κ1) is 17.5. The van der Waals surface area contributed by atoms with Crippen LogP contribution in [0.1, 0.15) is 35.7 Å². The zero-order valence-corrected chi connectivity index (χ0v) is 14.7. The summed E-state index contributed by atoms with van der Waals surface area (Å²) in [5.74, 6) is 1.34. The van der Waals surface area contributed by atoms with Crippen LogP contribution in [0.5, 0.6) is 5.75 Å². The van der Waals surface area contributed by atoms with E-state index in [9.17, 15) is 4.79 Å². The van der Waals surface area contributed by atoms with E-state index >= 15 is 0 Å². The Bertz CT molecular complexity index is 683. The normalized spacial score (nSPS) is 18.6. The predicted molar refractivity (Wildman–Crippen MR) is 99.5 cm³/mol. The fourth-order valence-electron chi connectivity index (χ4n) is 3.23. The van der Waals surface area contributed by atoms with Crippen LogP contribution in [0.3, 0.4) is 0 Å². The molecule has 0 aliphatic carbocycles. The highest BCUT2D eigenvalue weighted by molar-refractivity contribution is 5.94. The number of nitrogens with zero attached hydrogens (tertiary/aromatic N) is 1. The van der Waals surface area contributed by atoms with Crippen molar-refractivity contribution >= 4 is 5.91 Å². The monoisotopic (exact) mass is 338 g/mol. The third kappa shape index (κ3) is 4.60. The van der Waals surface area contributed by atoms with E-state index in [4.69, 9.17) is 10.5 Å². The number of piperidine rings is 1. The minimum Gasteiger partial charge on any atom is -0.489 e. The van der Waals surface area contributed by atoms with Crippen LogP contribution in [0.2, 0.25) is 0 Å². The Labute approximate surface area is 149 Å². The molecule has 1 aliphatic heterocycles. The Morgan fingerprint density at radius 1 is 1.20 bits per heavy atom. The van der Waals surface area contributed by atoms with Crippen LogP contribution in [0.4, 0.5) is 0 Å². The Balaban J connectivity index is 1.58. The molecule has 2 N–H and O–H groups in total. The smallest absolute Gasteiger partial charge is 0.253 e. The van der Waals surface area contributed by atoms with E-state index in [1.54, 1.807) is 0 Å². The van der Waals surface area contributed by atoms with Gasteiger partial charge in [-0.2, -0.15) is 0 Å². The standard InChI is InChI=1S/C21H26N2O2/c1-16(22)19-6-5-13-23(14-19)21(24)18-11-9-17(10-12-18)15-25-20-7-3-2-4-8-20/h2-4,7-12,16,19H,5-6,13-15,22H2,1H3. The maximum absolute atomic E-state index is 12.7. The summed E-state index contributed by atoms with van der Waals surface area (Å²) in [6.07, 6.45) is 2.14. The summed E-state index contributed by atoms with van der Waals surface area (Å²) >= 11 is 0. The molecule has 0 bridgehead atoms. The lowest BCUT2D eigenvalue weighted by Crippen LogP contribution is -2.45. The number of benzene rings is 2. The van der Waals surface area contributed by atoms with E-state index in [1.807, 2.05) is 66.4 Å². The van der Waals surface area contributed by atoms with Gasteiger partial charge in [-0.3, -0.25) is 4.79 Å². The van der Waals surface area contributed by atoms with E-state index in [0.29, 0.717) is 12.5 Å². The minimum atomic E-state index is 0.0980. The first-order chi connectivity index (χ1) is 12.1. The number of nitrogens with two attached hydrogens (primary N) is 1. The van der Waals surface area contributed by atoms with Crippen LogP contribution in [0, 0.1) is 5.92 Å². The van der Waals surface area contributed by atoms with Gasteiger partial charge >= 0.3 is 0 Å². The van der Waals surface area contributed by atoms with Gasteiger partial charge in [0.15, 0.2) is 0 Å². The van der Waals surface area contributed by atoms with Gasteiger partial charge in [-0.1, -0.05) is 30.3 Å².